The highest BCUT2D eigenvalue weighted by atomic mass is 35.5. The lowest BCUT2D eigenvalue weighted by atomic mass is 10.1. The van der Waals surface area contributed by atoms with Gasteiger partial charge in [0.25, 0.3) is 5.69 Å². The van der Waals surface area contributed by atoms with E-state index >= 15 is 0 Å². The van der Waals surface area contributed by atoms with E-state index < -0.39 is 0 Å². The number of fused-ring (bicyclic) bond motifs is 1. The minimum atomic E-state index is -0.366. The molecule has 0 aliphatic carbocycles. The molecule has 3 aromatic rings. The smallest absolute Gasteiger partial charge is 0.277 e. The van der Waals surface area contributed by atoms with Crippen molar-refractivity contribution in [3.05, 3.63) is 62.1 Å². The summed E-state index contributed by atoms with van der Waals surface area (Å²) < 4.78 is 0.500. The zero-order chi connectivity index (χ0) is 14.8. The molecule has 106 valence electrons. The van der Waals surface area contributed by atoms with E-state index in [9.17, 15) is 10.1 Å². The number of hydrogen-bond donors (Lipinski definition) is 1. The van der Waals surface area contributed by atoms with Gasteiger partial charge in [-0.25, -0.2) is 4.98 Å². The van der Waals surface area contributed by atoms with Gasteiger partial charge in [-0.2, -0.15) is 0 Å². The maximum absolute atomic E-state index is 11.1. The van der Waals surface area contributed by atoms with Crippen molar-refractivity contribution in [3.8, 4) is 0 Å². The molecule has 7 heteroatoms. The Bertz CT molecular complexity index is 819. The number of nitro groups is 1. The third kappa shape index (κ3) is 2.81. The maximum atomic E-state index is 11.1. The highest BCUT2D eigenvalue weighted by Crippen LogP contribution is 2.31. The van der Waals surface area contributed by atoms with Crippen molar-refractivity contribution >= 4 is 45.1 Å². The van der Waals surface area contributed by atoms with E-state index in [-0.39, 0.29) is 10.6 Å². The number of benzene rings is 2. The SMILES string of the molecule is O=[N+]([O-])c1cccc2c(NCc3cnc(Cl)s3)cccc12. The molecule has 2 aromatic carbocycles. The first-order chi connectivity index (χ1) is 10.1. The Balaban J connectivity index is 1.95. The number of nitro benzene ring substituents is 1. The fourth-order valence-electron chi connectivity index (χ4n) is 2.15. The van der Waals surface area contributed by atoms with Crippen LogP contribution in [-0.4, -0.2) is 9.91 Å². The van der Waals surface area contributed by atoms with Crippen LogP contribution < -0.4 is 5.32 Å². The predicted octanol–water partition coefficient (Wildman–Crippen LogP) is 4.47. The van der Waals surface area contributed by atoms with Gasteiger partial charge in [-0.3, -0.25) is 10.1 Å². The Morgan fingerprint density at radius 2 is 2.00 bits per heavy atom. The van der Waals surface area contributed by atoms with Crippen molar-refractivity contribution < 1.29 is 4.92 Å². The zero-order valence-corrected chi connectivity index (χ0v) is 12.3. The van der Waals surface area contributed by atoms with Crippen LogP contribution in [0.2, 0.25) is 4.47 Å². The Morgan fingerprint density at radius 3 is 2.71 bits per heavy atom. The molecule has 0 spiro atoms. The lowest BCUT2D eigenvalue weighted by Gasteiger charge is -2.08. The number of non-ortho nitro benzene ring substituents is 1. The molecule has 0 radical (unpaired) electrons. The summed E-state index contributed by atoms with van der Waals surface area (Å²) in [5, 5.41) is 15.8. The van der Waals surface area contributed by atoms with E-state index in [2.05, 4.69) is 10.3 Å². The lowest BCUT2D eigenvalue weighted by Crippen LogP contribution is -1.98. The van der Waals surface area contributed by atoms with Crippen molar-refractivity contribution in [2.24, 2.45) is 0 Å². The van der Waals surface area contributed by atoms with Gasteiger partial charge in [0, 0.05) is 28.2 Å². The van der Waals surface area contributed by atoms with Crippen LogP contribution in [0.4, 0.5) is 11.4 Å². The van der Waals surface area contributed by atoms with Gasteiger partial charge >= 0.3 is 0 Å². The van der Waals surface area contributed by atoms with Crippen LogP contribution in [-0.2, 0) is 6.54 Å². The molecule has 3 rings (SSSR count). The van der Waals surface area contributed by atoms with Gasteiger partial charge in [0.1, 0.15) is 0 Å². The number of nitrogens with one attached hydrogen (secondary N) is 1. The molecule has 0 aliphatic heterocycles. The van der Waals surface area contributed by atoms with E-state index in [1.54, 1.807) is 24.4 Å². The molecule has 1 N–H and O–H groups in total. The van der Waals surface area contributed by atoms with E-state index in [0.717, 1.165) is 16.0 Å². The first-order valence-corrected chi connectivity index (χ1v) is 7.35. The summed E-state index contributed by atoms with van der Waals surface area (Å²) in [7, 11) is 0. The third-order valence-electron chi connectivity index (χ3n) is 3.07. The number of anilines is 1. The Labute approximate surface area is 129 Å². The second kappa shape index (κ2) is 5.67. The van der Waals surface area contributed by atoms with Crippen LogP contribution in [0, 0.1) is 10.1 Å². The van der Waals surface area contributed by atoms with Crippen LogP contribution in [0.3, 0.4) is 0 Å². The summed E-state index contributed by atoms with van der Waals surface area (Å²) in [6.45, 7) is 0.576. The number of rotatable bonds is 4. The van der Waals surface area contributed by atoms with Crippen LogP contribution in [0.1, 0.15) is 4.88 Å². The van der Waals surface area contributed by atoms with Gasteiger partial charge in [0.05, 0.1) is 16.9 Å². The quantitative estimate of drug-likeness (QED) is 0.569. The van der Waals surface area contributed by atoms with Crippen molar-refractivity contribution in [2.45, 2.75) is 6.54 Å². The average molecular weight is 320 g/mol. The molecule has 0 bridgehead atoms. The van der Waals surface area contributed by atoms with Gasteiger partial charge < -0.3 is 5.32 Å². The zero-order valence-electron chi connectivity index (χ0n) is 10.7. The molecule has 0 atom stereocenters. The summed E-state index contributed by atoms with van der Waals surface area (Å²) in [6.07, 6.45) is 1.72. The minimum Gasteiger partial charge on any atom is -0.380 e. The van der Waals surface area contributed by atoms with Crippen molar-refractivity contribution in [1.29, 1.82) is 0 Å². The first kappa shape index (κ1) is 13.8. The molecule has 1 aromatic heterocycles. The summed E-state index contributed by atoms with van der Waals surface area (Å²) in [6, 6.07) is 10.5. The normalized spacial score (nSPS) is 10.7. The van der Waals surface area contributed by atoms with Crippen LogP contribution in [0.15, 0.2) is 42.6 Å². The van der Waals surface area contributed by atoms with Crippen LogP contribution in [0.5, 0.6) is 0 Å². The highest BCUT2D eigenvalue weighted by Gasteiger charge is 2.12. The number of halogens is 1. The molecule has 0 amide bonds. The molecule has 21 heavy (non-hydrogen) atoms. The molecular weight excluding hydrogens is 310 g/mol. The number of nitrogens with zero attached hydrogens (tertiary/aromatic N) is 2. The molecule has 0 unspecified atom stereocenters. The standard InChI is InChI=1S/C14H10ClN3O2S/c15-14-17-8-9(21-14)7-16-12-5-1-4-11-10(12)3-2-6-13(11)18(19)20/h1-6,8,16H,7H2. The number of hydrogen-bond acceptors (Lipinski definition) is 5. The highest BCUT2D eigenvalue weighted by molar-refractivity contribution is 7.15. The summed E-state index contributed by atoms with van der Waals surface area (Å²) in [5.41, 5.74) is 0.956. The molecule has 0 fully saturated rings. The number of thiazole rings is 1. The summed E-state index contributed by atoms with van der Waals surface area (Å²) >= 11 is 7.20. The van der Waals surface area contributed by atoms with E-state index in [1.807, 2.05) is 12.1 Å². The van der Waals surface area contributed by atoms with E-state index in [4.69, 9.17) is 11.6 Å². The molecule has 0 saturated carbocycles. The lowest BCUT2D eigenvalue weighted by molar-refractivity contribution is -0.383. The Hall–Kier alpha value is -2.18. The largest absolute Gasteiger partial charge is 0.380 e. The topological polar surface area (TPSA) is 68.1 Å². The molecule has 5 nitrogen and oxygen atoms in total. The fourth-order valence-corrected chi connectivity index (χ4v) is 3.07. The van der Waals surface area contributed by atoms with Gasteiger partial charge in [0.2, 0.25) is 0 Å². The Kier molecular flexibility index (Phi) is 3.72. The van der Waals surface area contributed by atoms with Gasteiger partial charge in [-0.1, -0.05) is 29.8 Å². The van der Waals surface area contributed by atoms with Gasteiger partial charge in [-0.05, 0) is 12.1 Å². The molecule has 0 aliphatic rings. The van der Waals surface area contributed by atoms with Gasteiger partial charge in [-0.15, -0.1) is 11.3 Å². The van der Waals surface area contributed by atoms with Crippen molar-refractivity contribution in [3.63, 3.8) is 0 Å². The Morgan fingerprint density at radius 1 is 1.24 bits per heavy atom. The van der Waals surface area contributed by atoms with Gasteiger partial charge in [0.15, 0.2) is 4.47 Å². The van der Waals surface area contributed by atoms with Crippen molar-refractivity contribution in [2.75, 3.05) is 5.32 Å². The molecule has 0 saturated heterocycles. The average Bonchev–Trinajstić information content (AvgIpc) is 2.90. The van der Waals surface area contributed by atoms with E-state index in [1.165, 1.54) is 17.4 Å². The van der Waals surface area contributed by atoms with E-state index in [0.29, 0.717) is 16.4 Å². The second-order valence-electron chi connectivity index (χ2n) is 4.37. The molecule has 1 heterocycles. The molecular formula is C14H10ClN3O2S. The van der Waals surface area contributed by atoms with Crippen LogP contribution in [0.25, 0.3) is 10.8 Å². The van der Waals surface area contributed by atoms with Crippen molar-refractivity contribution in [1.82, 2.24) is 4.98 Å². The second-order valence-corrected chi connectivity index (χ2v) is 6.07. The van der Waals surface area contributed by atoms with Crippen LogP contribution >= 0.6 is 22.9 Å². The summed E-state index contributed by atoms with van der Waals surface area (Å²) in [4.78, 5) is 15.7. The third-order valence-corrected chi connectivity index (χ3v) is 4.19. The monoisotopic (exact) mass is 319 g/mol. The predicted molar refractivity (Wildman–Crippen MR) is 85.1 cm³/mol. The minimum absolute atomic E-state index is 0.108. The first-order valence-electron chi connectivity index (χ1n) is 6.15. The number of aromatic nitrogens is 1. The fraction of sp³-hybridized carbons (Fsp3) is 0.0714. The summed E-state index contributed by atoms with van der Waals surface area (Å²) in [5.74, 6) is 0. The maximum Gasteiger partial charge on any atom is 0.277 e.